The van der Waals surface area contributed by atoms with Gasteiger partial charge in [0.15, 0.2) is 5.82 Å². The van der Waals surface area contributed by atoms with Crippen molar-refractivity contribution >= 4 is 43.3 Å². The van der Waals surface area contributed by atoms with E-state index in [-0.39, 0.29) is 22.9 Å². The summed E-state index contributed by atoms with van der Waals surface area (Å²) in [5.74, 6) is -0.388. The molecule has 0 aliphatic rings. The Morgan fingerprint density at radius 2 is 1.57 bits per heavy atom. The maximum Gasteiger partial charge on any atom is 0.417 e. The minimum Gasteiger partial charge on any atom is -0.271 e. The number of pyridine rings is 1. The smallest absolute Gasteiger partial charge is 0.271 e. The van der Waals surface area contributed by atoms with Gasteiger partial charge in [-0.05, 0) is 35.9 Å². The van der Waals surface area contributed by atoms with Crippen molar-refractivity contribution in [2.45, 2.75) is 17.6 Å². The number of halogens is 4. The number of rotatable bonds is 8. The van der Waals surface area contributed by atoms with Gasteiger partial charge < -0.3 is 0 Å². The van der Waals surface area contributed by atoms with Gasteiger partial charge in [-0.2, -0.15) is 25.9 Å². The Kier molecular flexibility index (Phi) is 7.65. The largest absolute Gasteiger partial charge is 0.417 e. The van der Waals surface area contributed by atoms with Crippen LogP contribution >= 0.6 is 11.6 Å². The van der Waals surface area contributed by atoms with Gasteiger partial charge in [-0.15, -0.1) is 0 Å². The van der Waals surface area contributed by atoms with E-state index in [9.17, 15) is 30.0 Å². The fraction of sp³-hybridized carbons (Fsp3) is 0.190. The molecule has 0 spiro atoms. The quantitative estimate of drug-likeness (QED) is 0.451. The van der Waals surface area contributed by atoms with Gasteiger partial charge in [0.2, 0.25) is 0 Å². The zero-order valence-electron chi connectivity index (χ0n) is 18.4. The Morgan fingerprint density at radius 1 is 0.971 bits per heavy atom. The van der Waals surface area contributed by atoms with Crippen molar-refractivity contribution in [1.29, 1.82) is 0 Å². The van der Waals surface area contributed by atoms with Crippen LogP contribution in [0.3, 0.4) is 0 Å². The van der Waals surface area contributed by atoms with E-state index in [1.807, 2.05) is 0 Å². The lowest BCUT2D eigenvalue weighted by molar-refractivity contribution is -0.137. The summed E-state index contributed by atoms with van der Waals surface area (Å²) >= 11 is 6.07. The highest BCUT2D eigenvalue weighted by molar-refractivity contribution is 7.92. The standard InChI is InChI=1S/C21H20ClF3N4O4S2/c1-28(2)35(32,33)27-17-8-10-18(11-9-17)34(30,31)29(14-15-6-4-3-5-7-15)20-19(22)12-16(13-26-20)21(23,24)25/h3-13,27H,14H2,1-2H3. The second-order valence-electron chi connectivity index (χ2n) is 7.44. The highest BCUT2D eigenvalue weighted by Gasteiger charge is 2.34. The van der Waals surface area contributed by atoms with Crippen LogP contribution in [0.1, 0.15) is 11.1 Å². The molecular weight excluding hydrogens is 529 g/mol. The number of aromatic nitrogens is 1. The molecule has 2 aromatic carbocycles. The number of alkyl halides is 3. The summed E-state index contributed by atoms with van der Waals surface area (Å²) in [5.41, 5.74) is -0.483. The van der Waals surface area contributed by atoms with Crippen LogP contribution in [-0.4, -0.2) is 40.2 Å². The van der Waals surface area contributed by atoms with Gasteiger partial charge in [-0.25, -0.2) is 17.7 Å². The zero-order chi connectivity index (χ0) is 26.0. The second kappa shape index (κ2) is 10.0. The van der Waals surface area contributed by atoms with Crippen LogP contribution in [0.25, 0.3) is 0 Å². The molecule has 1 heterocycles. The van der Waals surface area contributed by atoms with Crippen molar-refractivity contribution in [2.24, 2.45) is 0 Å². The van der Waals surface area contributed by atoms with Crippen LogP contribution in [-0.2, 0) is 33.0 Å². The van der Waals surface area contributed by atoms with Gasteiger partial charge in [0.25, 0.3) is 10.0 Å². The molecule has 0 bridgehead atoms. The average molecular weight is 549 g/mol. The van der Waals surface area contributed by atoms with Gasteiger partial charge in [0, 0.05) is 26.0 Å². The summed E-state index contributed by atoms with van der Waals surface area (Å²) in [6.07, 6.45) is -4.21. The van der Waals surface area contributed by atoms with Gasteiger partial charge in [-0.3, -0.25) is 4.72 Å². The van der Waals surface area contributed by atoms with Gasteiger partial charge >= 0.3 is 16.4 Å². The molecule has 0 amide bonds. The third-order valence-corrected chi connectivity index (χ3v) is 8.21. The molecule has 0 saturated carbocycles. The first kappa shape index (κ1) is 26.7. The van der Waals surface area contributed by atoms with Gasteiger partial charge in [0.1, 0.15) is 0 Å². The van der Waals surface area contributed by atoms with Crippen LogP contribution in [0.5, 0.6) is 0 Å². The van der Waals surface area contributed by atoms with Crippen molar-refractivity contribution < 1.29 is 30.0 Å². The lowest BCUT2D eigenvalue weighted by Gasteiger charge is -2.25. The Hall–Kier alpha value is -2.87. The number of anilines is 2. The summed E-state index contributed by atoms with van der Waals surface area (Å²) in [6, 6.07) is 13.8. The Morgan fingerprint density at radius 3 is 2.09 bits per heavy atom. The third-order valence-electron chi connectivity index (χ3n) is 4.72. The lowest BCUT2D eigenvalue weighted by atomic mass is 10.2. The third kappa shape index (κ3) is 6.23. The molecule has 3 rings (SSSR count). The summed E-state index contributed by atoms with van der Waals surface area (Å²) in [7, 11) is -5.55. The van der Waals surface area contributed by atoms with Crippen LogP contribution in [0.2, 0.25) is 5.02 Å². The van der Waals surface area contributed by atoms with Crippen LogP contribution < -0.4 is 9.03 Å². The highest BCUT2D eigenvalue weighted by atomic mass is 35.5. The minimum absolute atomic E-state index is 0.109. The molecule has 35 heavy (non-hydrogen) atoms. The maximum atomic E-state index is 13.5. The van der Waals surface area contributed by atoms with Crippen LogP contribution in [0.4, 0.5) is 24.7 Å². The van der Waals surface area contributed by atoms with E-state index in [0.717, 1.165) is 8.61 Å². The van der Waals surface area contributed by atoms with Crippen molar-refractivity contribution in [3.05, 3.63) is 83.0 Å². The van der Waals surface area contributed by atoms with Crippen molar-refractivity contribution in [3.8, 4) is 0 Å². The topological polar surface area (TPSA) is 99.7 Å². The Balaban J connectivity index is 2.05. The first-order valence-corrected chi connectivity index (χ1v) is 13.1. The monoisotopic (exact) mass is 548 g/mol. The fourth-order valence-corrected chi connectivity index (χ4v) is 5.22. The molecule has 8 nitrogen and oxygen atoms in total. The second-order valence-corrected chi connectivity index (χ2v) is 11.6. The predicted molar refractivity (Wildman–Crippen MR) is 127 cm³/mol. The van der Waals surface area contributed by atoms with Gasteiger partial charge in [-0.1, -0.05) is 41.9 Å². The molecule has 0 atom stereocenters. The first-order valence-electron chi connectivity index (χ1n) is 9.81. The van der Waals surface area contributed by atoms with E-state index in [2.05, 4.69) is 9.71 Å². The predicted octanol–water partition coefficient (Wildman–Crippen LogP) is 4.37. The molecule has 0 unspecified atom stereocenters. The van der Waals surface area contributed by atoms with E-state index in [4.69, 9.17) is 11.6 Å². The SMILES string of the molecule is CN(C)S(=O)(=O)Nc1ccc(S(=O)(=O)N(Cc2ccccc2)c2ncc(C(F)(F)F)cc2Cl)cc1. The number of nitrogens with zero attached hydrogens (tertiary/aromatic N) is 3. The summed E-state index contributed by atoms with van der Waals surface area (Å²) in [4.78, 5) is 3.47. The van der Waals surface area contributed by atoms with E-state index in [1.165, 1.54) is 38.4 Å². The van der Waals surface area contributed by atoms with Crippen molar-refractivity contribution in [1.82, 2.24) is 9.29 Å². The molecule has 1 N–H and O–H groups in total. The Labute approximate surface area is 206 Å². The average Bonchev–Trinajstić information content (AvgIpc) is 2.78. The molecule has 0 radical (unpaired) electrons. The summed E-state index contributed by atoms with van der Waals surface area (Å²) in [5, 5.41) is -0.505. The molecule has 0 aliphatic heterocycles. The number of nitrogens with one attached hydrogen (secondary N) is 1. The lowest BCUT2D eigenvalue weighted by Crippen LogP contribution is -2.32. The molecule has 0 aliphatic carbocycles. The molecule has 0 saturated heterocycles. The van der Waals surface area contributed by atoms with E-state index < -0.39 is 37.0 Å². The molecule has 3 aromatic rings. The van der Waals surface area contributed by atoms with Crippen LogP contribution in [0, 0.1) is 0 Å². The molecule has 1 aromatic heterocycles. The zero-order valence-corrected chi connectivity index (χ0v) is 20.7. The van der Waals surface area contributed by atoms with Crippen molar-refractivity contribution in [2.75, 3.05) is 23.1 Å². The Bertz CT molecular complexity index is 1400. The number of benzene rings is 2. The first-order chi connectivity index (χ1) is 16.2. The maximum absolute atomic E-state index is 13.5. The molecular formula is C21H20ClF3N4O4S2. The molecule has 0 fully saturated rings. The normalized spacial score (nSPS) is 12.5. The fourth-order valence-electron chi connectivity index (χ4n) is 2.85. The molecule has 14 heteroatoms. The number of hydrogen-bond donors (Lipinski definition) is 1. The van der Waals surface area contributed by atoms with Gasteiger partial charge in [0.05, 0.1) is 22.0 Å². The summed E-state index contributed by atoms with van der Waals surface area (Å²) in [6.45, 7) is -0.268. The van der Waals surface area contributed by atoms with E-state index in [0.29, 0.717) is 17.8 Å². The minimum atomic E-state index is -4.71. The number of hydrogen-bond acceptors (Lipinski definition) is 5. The van der Waals surface area contributed by atoms with E-state index >= 15 is 0 Å². The van der Waals surface area contributed by atoms with E-state index in [1.54, 1.807) is 30.3 Å². The number of sulfonamides is 1. The summed E-state index contributed by atoms with van der Waals surface area (Å²) < 4.78 is 94.3. The van der Waals surface area contributed by atoms with Crippen molar-refractivity contribution in [3.63, 3.8) is 0 Å². The van der Waals surface area contributed by atoms with Crippen LogP contribution in [0.15, 0.2) is 71.8 Å². The molecule has 188 valence electrons. The highest BCUT2D eigenvalue weighted by Crippen LogP contribution is 2.36.